The van der Waals surface area contributed by atoms with E-state index >= 15 is 0 Å². The van der Waals surface area contributed by atoms with Crippen molar-refractivity contribution in [2.45, 2.75) is 33.3 Å². The zero-order valence-electron chi connectivity index (χ0n) is 22.1. The van der Waals surface area contributed by atoms with Crippen molar-refractivity contribution in [3.8, 4) is 22.8 Å². The average molecular weight is 583 g/mol. The van der Waals surface area contributed by atoms with Gasteiger partial charge in [-0.2, -0.15) is 0 Å². The van der Waals surface area contributed by atoms with Gasteiger partial charge < -0.3 is 14.7 Å². The highest BCUT2D eigenvalue weighted by atomic mass is 35.5. The van der Waals surface area contributed by atoms with Crippen LogP contribution in [0.5, 0.6) is 5.75 Å². The maximum atomic E-state index is 14.0. The smallest absolute Gasteiger partial charge is 0.306 e. The molecule has 13 heteroatoms. The number of anilines is 1. The lowest BCUT2D eigenvalue weighted by molar-refractivity contribution is -0.142. The number of hydrogen-bond donors (Lipinski definition) is 1. The van der Waals surface area contributed by atoms with Gasteiger partial charge in [0.1, 0.15) is 28.9 Å². The molecule has 0 aliphatic carbocycles. The van der Waals surface area contributed by atoms with Crippen molar-refractivity contribution in [2.24, 2.45) is 5.92 Å². The fourth-order valence-electron chi connectivity index (χ4n) is 4.64. The Balaban J connectivity index is 1.43. The van der Waals surface area contributed by atoms with Crippen molar-refractivity contribution in [3.63, 3.8) is 0 Å². The summed E-state index contributed by atoms with van der Waals surface area (Å²) in [5, 5.41) is 9.05. The summed E-state index contributed by atoms with van der Waals surface area (Å²) in [4.78, 5) is 43.8. The highest BCUT2D eigenvalue weighted by Gasteiger charge is 2.26. The molecule has 1 saturated heterocycles. The van der Waals surface area contributed by atoms with Crippen LogP contribution in [0.15, 0.2) is 47.7 Å². The topological polar surface area (TPSA) is 123 Å². The van der Waals surface area contributed by atoms with Crippen LogP contribution >= 0.6 is 11.6 Å². The number of ether oxygens (including phenoxy) is 1. The second kappa shape index (κ2) is 11.6. The molecule has 0 saturated carbocycles. The van der Waals surface area contributed by atoms with E-state index in [4.69, 9.17) is 16.3 Å². The molecule has 4 aromatic heterocycles. The molecule has 0 atom stereocenters. The minimum absolute atomic E-state index is 0.0370. The Morgan fingerprint density at radius 2 is 1.85 bits per heavy atom. The Labute approximate surface area is 238 Å². The second-order valence-corrected chi connectivity index (χ2v) is 10.1. The van der Waals surface area contributed by atoms with Gasteiger partial charge in [0.15, 0.2) is 5.82 Å². The summed E-state index contributed by atoms with van der Waals surface area (Å²) in [7, 11) is 0. The molecule has 0 unspecified atom stereocenters. The monoisotopic (exact) mass is 582 g/mol. The maximum absolute atomic E-state index is 14.0. The van der Waals surface area contributed by atoms with Gasteiger partial charge in [-0.3, -0.25) is 24.1 Å². The number of aryl methyl sites for hydroxylation is 2. The normalized spacial score (nSPS) is 13.8. The van der Waals surface area contributed by atoms with Crippen LogP contribution in [0.2, 0.25) is 5.02 Å². The molecular formula is C28H25ClF2N6O4. The minimum Gasteiger partial charge on any atom is -0.485 e. The van der Waals surface area contributed by atoms with Crippen molar-refractivity contribution >= 4 is 23.5 Å². The quantitative estimate of drug-likeness (QED) is 0.335. The molecule has 0 radical (unpaired) electrons. The Hall–Kier alpha value is -4.45. The van der Waals surface area contributed by atoms with Crippen LogP contribution in [0.4, 0.5) is 14.7 Å². The van der Waals surface area contributed by atoms with E-state index in [1.165, 1.54) is 4.57 Å². The van der Waals surface area contributed by atoms with Crippen LogP contribution in [-0.2, 0) is 11.4 Å². The first-order valence-electron chi connectivity index (χ1n) is 12.8. The number of carboxylic acid groups (broad SMARTS) is 1. The van der Waals surface area contributed by atoms with Gasteiger partial charge in [0.25, 0.3) is 5.56 Å². The fraction of sp³-hybridized carbons (Fsp3) is 0.286. The number of nitrogens with zero attached hydrogens (tertiary/aromatic N) is 6. The highest BCUT2D eigenvalue weighted by Crippen LogP contribution is 2.28. The zero-order chi connectivity index (χ0) is 29.3. The van der Waals surface area contributed by atoms with Gasteiger partial charge in [-0.15, -0.1) is 0 Å². The maximum Gasteiger partial charge on any atom is 0.306 e. The van der Waals surface area contributed by atoms with Crippen LogP contribution in [-0.4, -0.2) is 48.7 Å². The van der Waals surface area contributed by atoms with Gasteiger partial charge in [0.05, 0.1) is 29.2 Å². The van der Waals surface area contributed by atoms with Crippen LogP contribution in [0.1, 0.15) is 29.8 Å². The molecule has 1 fully saturated rings. The molecule has 1 N–H and O–H groups in total. The zero-order valence-corrected chi connectivity index (χ0v) is 22.9. The van der Waals surface area contributed by atoms with E-state index in [1.807, 2.05) is 4.90 Å². The number of piperidine rings is 1. The lowest BCUT2D eigenvalue weighted by Crippen LogP contribution is -2.37. The summed E-state index contributed by atoms with van der Waals surface area (Å²) in [6.07, 6.45) is 5.12. The Kier molecular flexibility index (Phi) is 7.93. The molecule has 1 aliphatic heterocycles. The fourth-order valence-corrected chi connectivity index (χ4v) is 4.84. The van der Waals surface area contributed by atoms with Crippen molar-refractivity contribution < 1.29 is 23.4 Å². The molecule has 212 valence electrons. The van der Waals surface area contributed by atoms with Crippen molar-refractivity contribution in [1.82, 2.24) is 24.5 Å². The van der Waals surface area contributed by atoms with E-state index in [2.05, 4.69) is 19.9 Å². The van der Waals surface area contributed by atoms with E-state index in [-0.39, 0.29) is 29.0 Å². The SMILES string of the molecule is Cc1cnc(-c2ccnc(N3CCC(C(=O)O)CC3)n2)cc1-n1c(C)cc(OCc2ncc(F)cc2F)c(Cl)c1=O. The van der Waals surface area contributed by atoms with Crippen molar-refractivity contribution in [2.75, 3.05) is 18.0 Å². The summed E-state index contributed by atoms with van der Waals surface area (Å²) in [6.45, 7) is 4.20. The Morgan fingerprint density at radius 3 is 2.56 bits per heavy atom. The van der Waals surface area contributed by atoms with E-state index in [9.17, 15) is 23.5 Å². The molecule has 10 nitrogen and oxygen atoms in total. The van der Waals surface area contributed by atoms with Gasteiger partial charge in [0.2, 0.25) is 5.95 Å². The van der Waals surface area contributed by atoms with Gasteiger partial charge in [-0.05, 0) is 44.4 Å². The van der Waals surface area contributed by atoms with Crippen LogP contribution in [0.25, 0.3) is 17.1 Å². The van der Waals surface area contributed by atoms with Gasteiger partial charge >= 0.3 is 5.97 Å². The van der Waals surface area contributed by atoms with E-state index in [0.29, 0.717) is 66.3 Å². The molecule has 0 aromatic carbocycles. The molecule has 4 aromatic rings. The molecule has 5 rings (SSSR count). The first-order chi connectivity index (χ1) is 19.6. The Morgan fingerprint density at radius 1 is 1.10 bits per heavy atom. The Bertz CT molecular complexity index is 1690. The first-order valence-corrected chi connectivity index (χ1v) is 13.1. The van der Waals surface area contributed by atoms with Crippen LogP contribution in [0, 0.1) is 31.4 Å². The summed E-state index contributed by atoms with van der Waals surface area (Å²) >= 11 is 6.39. The number of aromatic nitrogens is 5. The molecule has 5 heterocycles. The van der Waals surface area contributed by atoms with Gasteiger partial charge in [-0.1, -0.05) is 11.6 Å². The third kappa shape index (κ3) is 5.87. The molecule has 1 aliphatic rings. The van der Waals surface area contributed by atoms with E-state index < -0.39 is 23.2 Å². The van der Waals surface area contributed by atoms with Crippen LogP contribution in [0.3, 0.4) is 0 Å². The molecular weight excluding hydrogens is 558 g/mol. The van der Waals surface area contributed by atoms with Crippen molar-refractivity contribution in [1.29, 1.82) is 0 Å². The summed E-state index contributed by atoms with van der Waals surface area (Å²) in [5.74, 6) is -2.34. The van der Waals surface area contributed by atoms with Crippen molar-refractivity contribution in [3.05, 3.63) is 86.8 Å². The summed E-state index contributed by atoms with van der Waals surface area (Å²) < 4.78 is 34.1. The van der Waals surface area contributed by atoms with E-state index in [1.54, 1.807) is 44.4 Å². The lowest BCUT2D eigenvalue weighted by atomic mass is 9.97. The lowest BCUT2D eigenvalue weighted by Gasteiger charge is -2.30. The standard InChI is InChI=1S/C28H25ClF2N6O4/c1-15-12-33-21(20-3-6-32-28(35-20)36-7-4-17(5-8-36)27(39)40)11-23(15)37-16(2)9-24(25(29)26(37)38)41-14-22-19(31)10-18(30)13-34-22/h3,6,9-13,17H,4-5,7-8,14H2,1-2H3,(H,39,40). The summed E-state index contributed by atoms with van der Waals surface area (Å²) in [5.41, 5.74) is 2.06. The highest BCUT2D eigenvalue weighted by molar-refractivity contribution is 6.31. The molecule has 0 amide bonds. The van der Waals surface area contributed by atoms with Crippen LogP contribution < -0.4 is 15.2 Å². The predicted octanol–water partition coefficient (Wildman–Crippen LogP) is 4.51. The number of halogens is 3. The number of aliphatic carboxylic acids is 1. The number of carbonyl (C=O) groups is 1. The molecule has 41 heavy (non-hydrogen) atoms. The minimum atomic E-state index is -0.872. The number of carboxylic acids is 1. The number of pyridine rings is 3. The van der Waals surface area contributed by atoms with Gasteiger partial charge in [-0.25, -0.2) is 18.7 Å². The largest absolute Gasteiger partial charge is 0.485 e. The predicted molar refractivity (Wildman–Crippen MR) is 146 cm³/mol. The third-order valence-corrected chi connectivity index (χ3v) is 7.24. The first kappa shape index (κ1) is 28.1. The number of hydrogen-bond acceptors (Lipinski definition) is 8. The van der Waals surface area contributed by atoms with E-state index in [0.717, 1.165) is 6.20 Å². The average Bonchev–Trinajstić information content (AvgIpc) is 2.96. The van der Waals surface area contributed by atoms with Gasteiger partial charge in [0, 0.05) is 43.3 Å². The third-order valence-electron chi connectivity index (χ3n) is 6.90. The molecule has 0 spiro atoms. The molecule has 0 bridgehead atoms. The summed E-state index contributed by atoms with van der Waals surface area (Å²) in [6, 6.07) is 5.68. The number of rotatable bonds is 7. The second-order valence-electron chi connectivity index (χ2n) is 9.67.